The predicted molar refractivity (Wildman–Crippen MR) is 107 cm³/mol. The largest absolute Gasteiger partial charge is 0.324 e. The number of carbonyl (C=O) groups is 2. The van der Waals surface area contributed by atoms with Crippen LogP contribution in [0.15, 0.2) is 55.1 Å². The van der Waals surface area contributed by atoms with E-state index in [0.29, 0.717) is 22.8 Å². The molecule has 2 amide bonds. The summed E-state index contributed by atoms with van der Waals surface area (Å²) in [6.45, 7) is 0.749. The Morgan fingerprint density at radius 2 is 2.00 bits per heavy atom. The molecule has 3 aromatic rings. The standard InChI is InChI=1S/C20H18ClN5O2/c21-15-5-8-18(26-13-22-12-23-26)17(11-15)24-19(27)10-14-3-6-16(7-4-14)25-9-1-2-20(25)28/h3-8,11-13H,1-2,9-10H2,(H,24,27). The lowest BCUT2D eigenvalue weighted by atomic mass is 10.1. The number of benzene rings is 2. The van der Waals surface area contributed by atoms with Gasteiger partial charge in [-0.1, -0.05) is 23.7 Å². The Morgan fingerprint density at radius 3 is 2.68 bits per heavy atom. The van der Waals surface area contributed by atoms with Crippen molar-refractivity contribution in [2.24, 2.45) is 0 Å². The predicted octanol–water partition coefficient (Wildman–Crippen LogP) is 3.23. The van der Waals surface area contributed by atoms with Gasteiger partial charge >= 0.3 is 0 Å². The lowest BCUT2D eigenvalue weighted by Crippen LogP contribution is -2.23. The minimum atomic E-state index is -0.173. The summed E-state index contributed by atoms with van der Waals surface area (Å²) in [7, 11) is 0. The number of hydrogen-bond acceptors (Lipinski definition) is 4. The van der Waals surface area contributed by atoms with Gasteiger partial charge in [0.1, 0.15) is 12.7 Å². The molecule has 1 aliphatic heterocycles. The molecule has 0 spiro atoms. The number of aromatic nitrogens is 3. The van der Waals surface area contributed by atoms with Crippen LogP contribution in [-0.2, 0) is 16.0 Å². The van der Waals surface area contributed by atoms with Gasteiger partial charge in [0.15, 0.2) is 0 Å². The van der Waals surface area contributed by atoms with Gasteiger partial charge in [0.25, 0.3) is 0 Å². The number of carbonyl (C=O) groups excluding carboxylic acids is 2. The molecule has 0 aliphatic carbocycles. The van der Waals surface area contributed by atoms with Crippen molar-refractivity contribution in [2.45, 2.75) is 19.3 Å². The molecule has 1 aliphatic rings. The van der Waals surface area contributed by atoms with Crippen molar-refractivity contribution in [3.05, 3.63) is 65.7 Å². The monoisotopic (exact) mass is 395 g/mol. The van der Waals surface area contributed by atoms with Crippen LogP contribution in [0.3, 0.4) is 0 Å². The molecule has 2 heterocycles. The summed E-state index contributed by atoms with van der Waals surface area (Å²) in [6.07, 6.45) is 4.66. The summed E-state index contributed by atoms with van der Waals surface area (Å²) in [5, 5.41) is 7.50. The van der Waals surface area contributed by atoms with E-state index in [2.05, 4.69) is 15.4 Å². The highest BCUT2D eigenvalue weighted by Gasteiger charge is 2.21. The Hall–Kier alpha value is -3.19. The van der Waals surface area contributed by atoms with Crippen molar-refractivity contribution in [2.75, 3.05) is 16.8 Å². The molecule has 2 aromatic carbocycles. The van der Waals surface area contributed by atoms with Crippen molar-refractivity contribution in [3.63, 3.8) is 0 Å². The van der Waals surface area contributed by atoms with Crippen LogP contribution in [-0.4, -0.2) is 33.1 Å². The molecule has 0 saturated carbocycles. The van der Waals surface area contributed by atoms with E-state index in [0.717, 1.165) is 24.2 Å². The molecule has 0 radical (unpaired) electrons. The molecule has 4 rings (SSSR count). The minimum absolute atomic E-state index is 0.145. The van der Waals surface area contributed by atoms with E-state index in [4.69, 9.17) is 11.6 Å². The highest BCUT2D eigenvalue weighted by molar-refractivity contribution is 6.31. The second kappa shape index (κ2) is 7.82. The molecule has 1 aromatic heterocycles. The number of rotatable bonds is 5. The molecule has 142 valence electrons. The van der Waals surface area contributed by atoms with E-state index in [9.17, 15) is 9.59 Å². The van der Waals surface area contributed by atoms with Crippen LogP contribution in [0.25, 0.3) is 5.69 Å². The third-order valence-corrected chi connectivity index (χ3v) is 4.82. The maximum atomic E-state index is 12.5. The van der Waals surface area contributed by atoms with Crippen molar-refractivity contribution < 1.29 is 9.59 Å². The van der Waals surface area contributed by atoms with E-state index in [1.54, 1.807) is 34.1 Å². The zero-order valence-electron chi connectivity index (χ0n) is 15.0. The quantitative estimate of drug-likeness (QED) is 0.719. The Morgan fingerprint density at radius 1 is 1.18 bits per heavy atom. The molecule has 7 nitrogen and oxygen atoms in total. The fraction of sp³-hybridized carbons (Fsp3) is 0.200. The maximum Gasteiger partial charge on any atom is 0.228 e. The van der Waals surface area contributed by atoms with Crippen LogP contribution in [0.5, 0.6) is 0 Å². The van der Waals surface area contributed by atoms with E-state index < -0.39 is 0 Å². The highest BCUT2D eigenvalue weighted by Crippen LogP contribution is 2.25. The molecule has 28 heavy (non-hydrogen) atoms. The van der Waals surface area contributed by atoms with Crippen molar-refractivity contribution >= 4 is 34.8 Å². The number of hydrogen-bond donors (Lipinski definition) is 1. The molecule has 0 unspecified atom stereocenters. The lowest BCUT2D eigenvalue weighted by Gasteiger charge is -2.16. The first-order chi connectivity index (χ1) is 13.6. The van der Waals surface area contributed by atoms with Gasteiger partial charge in [-0.2, -0.15) is 5.10 Å². The number of nitrogens with one attached hydrogen (secondary N) is 1. The summed E-state index contributed by atoms with van der Waals surface area (Å²) in [5.41, 5.74) is 2.97. The normalized spacial score (nSPS) is 13.8. The third kappa shape index (κ3) is 3.89. The van der Waals surface area contributed by atoms with Gasteiger partial charge < -0.3 is 10.2 Å². The minimum Gasteiger partial charge on any atom is -0.324 e. The molecule has 1 saturated heterocycles. The molecule has 0 bridgehead atoms. The molecule has 1 N–H and O–H groups in total. The first-order valence-electron chi connectivity index (χ1n) is 8.94. The Kier molecular flexibility index (Phi) is 5.08. The first kappa shape index (κ1) is 18.2. The van der Waals surface area contributed by atoms with E-state index in [-0.39, 0.29) is 18.2 Å². The number of amides is 2. The topological polar surface area (TPSA) is 80.1 Å². The Labute approximate surface area is 166 Å². The average Bonchev–Trinajstić information content (AvgIpc) is 3.34. The first-order valence-corrected chi connectivity index (χ1v) is 9.32. The van der Waals surface area contributed by atoms with Crippen LogP contribution in [0, 0.1) is 0 Å². The fourth-order valence-electron chi connectivity index (χ4n) is 3.24. The van der Waals surface area contributed by atoms with Gasteiger partial charge in [-0.25, -0.2) is 9.67 Å². The van der Waals surface area contributed by atoms with Gasteiger partial charge in [0.05, 0.1) is 17.8 Å². The molecular weight excluding hydrogens is 378 g/mol. The van der Waals surface area contributed by atoms with Crippen LogP contribution in [0.2, 0.25) is 5.02 Å². The molecule has 8 heteroatoms. The van der Waals surface area contributed by atoms with Crippen molar-refractivity contribution in [1.29, 1.82) is 0 Å². The van der Waals surface area contributed by atoms with Gasteiger partial charge in [-0.3, -0.25) is 9.59 Å². The summed E-state index contributed by atoms with van der Waals surface area (Å²) in [5.74, 6) is -0.0271. The van der Waals surface area contributed by atoms with E-state index in [1.165, 1.54) is 6.33 Å². The number of nitrogens with zero attached hydrogens (tertiary/aromatic N) is 4. The number of anilines is 2. The van der Waals surface area contributed by atoms with Crippen LogP contribution < -0.4 is 10.2 Å². The maximum absolute atomic E-state index is 12.5. The third-order valence-electron chi connectivity index (χ3n) is 4.58. The zero-order valence-corrected chi connectivity index (χ0v) is 15.8. The smallest absolute Gasteiger partial charge is 0.228 e. The summed E-state index contributed by atoms with van der Waals surface area (Å²) in [6, 6.07) is 12.7. The van der Waals surface area contributed by atoms with Crippen LogP contribution in [0.4, 0.5) is 11.4 Å². The summed E-state index contributed by atoms with van der Waals surface area (Å²) < 4.78 is 1.56. The highest BCUT2D eigenvalue weighted by atomic mass is 35.5. The fourth-order valence-corrected chi connectivity index (χ4v) is 3.41. The number of halogens is 1. The average molecular weight is 396 g/mol. The zero-order chi connectivity index (χ0) is 19.5. The summed E-state index contributed by atoms with van der Waals surface area (Å²) >= 11 is 6.08. The Bertz CT molecular complexity index is 1000. The second-order valence-electron chi connectivity index (χ2n) is 6.54. The van der Waals surface area contributed by atoms with Gasteiger partial charge in [-0.15, -0.1) is 0 Å². The Balaban J connectivity index is 1.46. The second-order valence-corrected chi connectivity index (χ2v) is 6.98. The van der Waals surface area contributed by atoms with Crippen LogP contribution >= 0.6 is 11.6 Å². The van der Waals surface area contributed by atoms with Gasteiger partial charge in [0.2, 0.25) is 11.8 Å². The van der Waals surface area contributed by atoms with Crippen LogP contribution in [0.1, 0.15) is 18.4 Å². The van der Waals surface area contributed by atoms with E-state index >= 15 is 0 Å². The van der Waals surface area contributed by atoms with Gasteiger partial charge in [0, 0.05) is 23.7 Å². The summed E-state index contributed by atoms with van der Waals surface area (Å²) in [4.78, 5) is 30.1. The lowest BCUT2D eigenvalue weighted by molar-refractivity contribution is -0.117. The molecule has 0 atom stereocenters. The van der Waals surface area contributed by atoms with Crippen molar-refractivity contribution in [3.8, 4) is 5.69 Å². The SMILES string of the molecule is O=C(Cc1ccc(N2CCCC2=O)cc1)Nc1cc(Cl)ccc1-n1cncn1. The van der Waals surface area contributed by atoms with E-state index in [1.807, 2.05) is 24.3 Å². The molecule has 1 fully saturated rings. The molecular formula is C20H18ClN5O2. The van der Waals surface area contributed by atoms with Gasteiger partial charge in [-0.05, 0) is 42.3 Å². The van der Waals surface area contributed by atoms with Crippen molar-refractivity contribution in [1.82, 2.24) is 14.8 Å².